The largest absolute Gasteiger partial charge is 0.373 e. The zero-order valence-corrected chi connectivity index (χ0v) is 12.6. The van der Waals surface area contributed by atoms with Crippen LogP contribution in [0.2, 0.25) is 0 Å². The van der Waals surface area contributed by atoms with E-state index in [0.717, 1.165) is 25.9 Å². The molecule has 1 aromatic rings. The molecule has 0 spiro atoms. The van der Waals surface area contributed by atoms with Crippen molar-refractivity contribution in [2.75, 3.05) is 27.2 Å². The number of ether oxygens (including phenoxy) is 1. The molecule has 1 aliphatic carbocycles. The molecule has 0 amide bonds. The van der Waals surface area contributed by atoms with Gasteiger partial charge in [0, 0.05) is 37.6 Å². The summed E-state index contributed by atoms with van der Waals surface area (Å²) in [5.74, 6) is 0.182. The zero-order chi connectivity index (χ0) is 15.0. The number of piperidine rings is 1. The first-order valence-corrected chi connectivity index (χ1v) is 7.53. The second-order valence-corrected chi connectivity index (χ2v) is 6.29. The predicted molar refractivity (Wildman–Crippen MR) is 79.7 cm³/mol. The molecule has 1 aliphatic heterocycles. The van der Waals surface area contributed by atoms with Gasteiger partial charge in [-0.25, -0.2) is 9.24 Å². The first kappa shape index (κ1) is 14.5. The Kier molecular flexibility index (Phi) is 3.73. The van der Waals surface area contributed by atoms with E-state index in [9.17, 15) is 4.39 Å². The van der Waals surface area contributed by atoms with Crippen LogP contribution in [0.3, 0.4) is 0 Å². The number of benzene rings is 1. The van der Waals surface area contributed by atoms with E-state index in [1.807, 2.05) is 6.07 Å². The highest BCUT2D eigenvalue weighted by Crippen LogP contribution is 2.52. The second kappa shape index (κ2) is 5.40. The smallest absolute Gasteiger partial charge is 0.222 e. The lowest BCUT2D eigenvalue weighted by Crippen LogP contribution is -2.58. The highest BCUT2D eigenvalue weighted by atomic mass is 19.1. The number of likely N-dealkylation sites (tertiary alicyclic amines) is 1. The fourth-order valence-corrected chi connectivity index (χ4v) is 4.44. The number of halogens is 1. The van der Waals surface area contributed by atoms with Crippen LogP contribution < -0.4 is 0 Å². The summed E-state index contributed by atoms with van der Waals surface area (Å²) in [6.07, 6.45) is 3.28. The van der Waals surface area contributed by atoms with Gasteiger partial charge in [-0.3, -0.25) is 0 Å². The molecule has 1 aromatic carbocycles. The fraction of sp³-hybridized carbons (Fsp3) is 0.588. The van der Waals surface area contributed by atoms with Crippen molar-refractivity contribution in [3.63, 3.8) is 0 Å². The topological polar surface area (TPSA) is 16.8 Å². The Labute approximate surface area is 125 Å². The lowest BCUT2D eigenvalue weighted by Gasteiger charge is -2.55. The third-order valence-electron chi connectivity index (χ3n) is 5.24. The number of nitrogens with zero attached hydrogens (tertiary/aromatic N) is 2. The molecule has 0 radical (unpaired) electrons. The maximum atomic E-state index is 14.8. The molecule has 1 saturated heterocycles. The summed E-state index contributed by atoms with van der Waals surface area (Å²) in [7, 11) is 3.82. The Balaban J connectivity index is 2.15. The second-order valence-electron chi connectivity index (χ2n) is 6.29. The Morgan fingerprint density at radius 3 is 2.57 bits per heavy atom. The molecule has 0 N–H and O–H groups in total. The molecular formula is C17H21FN2O. The molecule has 112 valence electrons. The van der Waals surface area contributed by atoms with E-state index in [2.05, 4.69) is 16.8 Å². The van der Waals surface area contributed by atoms with Crippen molar-refractivity contribution >= 4 is 5.69 Å². The summed E-state index contributed by atoms with van der Waals surface area (Å²) in [5, 5.41) is 0. The molecule has 1 saturated carbocycles. The van der Waals surface area contributed by atoms with E-state index < -0.39 is 11.4 Å². The minimum Gasteiger partial charge on any atom is -0.373 e. The van der Waals surface area contributed by atoms with Crippen LogP contribution in [0.15, 0.2) is 18.2 Å². The van der Waals surface area contributed by atoms with Crippen LogP contribution >= 0.6 is 0 Å². The van der Waals surface area contributed by atoms with E-state index in [0.29, 0.717) is 5.56 Å². The van der Waals surface area contributed by atoms with E-state index in [4.69, 9.17) is 11.3 Å². The Morgan fingerprint density at radius 2 is 2.00 bits per heavy atom. The molecule has 0 aromatic heterocycles. The summed E-state index contributed by atoms with van der Waals surface area (Å²) in [5.41, 5.74) is 0.109. The monoisotopic (exact) mass is 288 g/mol. The van der Waals surface area contributed by atoms with Crippen LogP contribution in [0.1, 0.15) is 24.8 Å². The van der Waals surface area contributed by atoms with Crippen LogP contribution in [-0.4, -0.2) is 32.1 Å². The molecule has 2 atom stereocenters. The third-order valence-corrected chi connectivity index (χ3v) is 5.24. The molecule has 2 unspecified atom stereocenters. The van der Waals surface area contributed by atoms with Crippen molar-refractivity contribution in [1.82, 2.24) is 4.90 Å². The Morgan fingerprint density at radius 1 is 1.33 bits per heavy atom. The van der Waals surface area contributed by atoms with Crippen LogP contribution in [0, 0.1) is 24.2 Å². The van der Waals surface area contributed by atoms with Crippen LogP contribution in [-0.2, 0) is 10.3 Å². The van der Waals surface area contributed by atoms with Gasteiger partial charge in [0.2, 0.25) is 5.69 Å². The minimum absolute atomic E-state index is 0.0981. The molecular weight excluding hydrogens is 267 g/mol. The van der Waals surface area contributed by atoms with Crippen LogP contribution in [0.5, 0.6) is 0 Å². The lowest BCUT2D eigenvalue weighted by atomic mass is 9.62. The van der Waals surface area contributed by atoms with Gasteiger partial charge in [-0.2, -0.15) is 0 Å². The molecule has 4 heteroatoms. The average molecular weight is 288 g/mol. The molecule has 3 rings (SSSR count). The van der Waals surface area contributed by atoms with Crippen molar-refractivity contribution in [2.24, 2.45) is 11.8 Å². The summed E-state index contributed by atoms with van der Waals surface area (Å²) >= 11 is 0. The Bertz CT molecular complexity index is 567. The van der Waals surface area contributed by atoms with Gasteiger partial charge in [-0.15, -0.1) is 0 Å². The molecule has 2 bridgehead atoms. The van der Waals surface area contributed by atoms with Gasteiger partial charge in [0.25, 0.3) is 0 Å². The number of hydrogen-bond acceptors (Lipinski definition) is 2. The third kappa shape index (κ3) is 2.07. The van der Waals surface area contributed by atoms with E-state index >= 15 is 0 Å². The fourth-order valence-electron chi connectivity index (χ4n) is 4.44. The van der Waals surface area contributed by atoms with Gasteiger partial charge < -0.3 is 9.64 Å². The quantitative estimate of drug-likeness (QED) is 0.774. The van der Waals surface area contributed by atoms with Gasteiger partial charge in [-0.05, 0) is 19.9 Å². The average Bonchev–Trinajstić information content (AvgIpc) is 2.47. The van der Waals surface area contributed by atoms with Crippen molar-refractivity contribution in [3.05, 3.63) is 41.0 Å². The van der Waals surface area contributed by atoms with Gasteiger partial charge in [0.1, 0.15) is 11.4 Å². The van der Waals surface area contributed by atoms with E-state index in [1.54, 1.807) is 19.2 Å². The number of fused-ring (bicyclic) bond motifs is 2. The summed E-state index contributed by atoms with van der Waals surface area (Å²) < 4.78 is 20.8. The van der Waals surface area contributed by atoms with Crippen molar-refractivity contribution in [2.45, 2.75) is 24.9 Å². The lowest BCUT2D eigenvalue weighted by molar-refractivity contribution is -0.167. The van der Waals surface area contributed by atoms with E-state index in [-0.39, 0.29) is 17.5 Å². The Hall–Kier alpha value is -1.44. The van der Waals surface area contributed by atoms with Crippen molar-refractivity contribution < 1.29 is 9.13 Å². The van der Waals surface area contributed by atoms with Gasteiger partial charge in [-0.1, -0.05) is 24.6 Å². The van der Waals surface area contributed by atoms with Crippen molar-refractivity contribution in [1.29, 1.82) is 0 Å². The molecule has 2 fully saturated rings. The SMILES string of the molecule is [C-]#[N+]c1cccc(C2(OC)C3CCCC2CN(C)C3)c1F. The van der Waals surface area contributed by atoms with Crippen molar-refractivity contribution in [3.8, 4) is 0 Å². The van der Waals surface area contributed by atoms with Gasteiger partial charge in [0.05, 0.1) is 6.57 Å². The highest BCUT2D eigenvalue weighted by molar-refractivity contribution is 5.50. The maximum absolute atomic E-state index is 14.8. The number of methoxy groups -OCH3 is 1. The first-order valence-electron chi connectivity index (χ1n) is 7.53. The molecule has 21 heavy (non-hydrogen) atoms. The standard InChI is InChI=1S/C17H21FN2O/c1-19-15-9-5-8-14(16(15)18)17(21-3)12-6-4-7-13(17)11-20(2)10-12/h5,8-9,12-13H,4,6-7,10-11H2,2-3H3. The van der Waals surface area contributed by atoms with Crippen LogP contribution in [0.25, 0.3) is 4.85 Å². The number of hydrogen-bond donors (Lipinski definition) is 0. The van der Waals surface area contributed by atoms with E-state index in [1.165, 1.54) is 6.42 Å². The van der Waals surface area contributed by atoms with Gasteiger partial charge in [0.15, 0.2) is 0 Å². The highest BCUT2D eigenvalue weighted by Gasteiger charge is 2.53. The summed E-state index contributed by atoms with van der Waals surface area (Å²) in [6.45, 7) is 8.99. The zero-order valence-electron chi connectivity index (χ0n) is 12.6. The predicted octanol–water partition coefficient (Wildman–Crippen LogP) is 3.58. The molecule has 2 aliphatic rings. The molecule has 1 heterocycles. The number of rotatable bonds is 2. The van der Waals surface area contributed by atoms with Crippen LogP contribution in [0.4, 0.5) is 10.1 Å². The summed E-state index contributed by atoms with van der Waals surface area (Å²) in [4.78, 5) is 5.63. The maximum Gasteiger partial charge on any atom is 0.222 e. The minimum atomic E-state index is -0.574. The molecule has 3 nitrogen and oxygen atoms in total. The first-order chi connectivity index (χ1) is 10.1. The summed E-state index contributed by atoms with van der Waals surface area (Å²) in [6, 6.07) is 5.13. The normalized spacial score (nSPS) is 32.7. The van der Waals surface area contributed by atoms with Gasteiger partial charge >= 0.3 is 0 Å².